The van der Waals surface area contributed by atoms with Crippen molar-refractivity contribution >= 4 is 5.91 Å². The highest BCUT2D eigenvalue weighted by Crippen LogP contribution is 2.30. The molecular formula is C62H105NO13. The highest BCUT2D eigenvalue weighted by Gasteiger charge is 2.51. The summed E-state index contributed by atoms with van der Waals surface area (Å²) in [5.41, 5.74) is 0. The van der Waals surface area contributed by atoms with Crippen molar-refractivity contribution in [3.63, 3.8) is 0 Å². The second-order valence-corrected chi connectivity index (χ2v) is 20.4. The molecule has 2 rings (SSSR count). The normalized spacial score (nSPS) is 25.6. The standard InChI is InChI=1S/C62H105NO13/c1-3-5-7-9-11-13-15-16-17-18-19-20-21-22-23-24-25-26-27-28-29-30-31-32-33-34-36-38-40-42-44-46-54(67)63-50(51(66)45-43-41-39-37-35-14-12-10-8-6-4-2)49-73-61-59(72)57(70)60(53(48-65)75-61)76-62-58(71)56(69)55(68)52(47-64)74-62/h5,7,11,13,16-17,19-20,22-23,25-26,28-29,31-32,50-53,55-62,64-66,68-72H,3-4,6,8-10,12,14-15,18,21,24,27,30,33-49H2,1-2H3,(H,63,67)/b7-5-,13-11-,17-16-,20-19-,23-22-,26-25-,29-28-,32-31-. The SMILES string of the molecule is CC/C=C\C/C=C\C/C=C\C/C=C\C/C=C\C/C=C\C/C=C\C/C=C\CCCCCCCCC(=O)NC(COC1OC(CO)C(OC2OC(CO)C(O)C(O)C2O)C(O)C1O)C(O)CCCCCCCCCCCCC. The minimum atomic E-state index is -1.79. The highest BCUT2D eigenvalue weighted by atomic mass is 16.7. The lowest BCUT2D eigenvalue weighted by Crippen LogP contribution is -2.65. The van der Waals surface area contributed by atoms with Crippen LogP contribution >= 0.6 is 0 Å². The summed E-state index contributed by atoms with van der Waals surface area (Å²) in [6, 6.07) is -0.842. The van der Waals surface area contributed by atoms with Crippen molar-refractivity contribution in [2.24, 2.45) is 0 Å². The van der Waals surface area contributed by atoms with Crippen molar-refractivity contribution in [3.8, 4) is 0 Å². The molecule has 14 nitrogen and oxygen atoms in total. The van der Waals surface area contributed by atoms with E-state index in [0.29, 0.717) is 12.8 Å². The maximum atomic E-state index is 13.2. The molecule has 0 aromatic rings. The predicted octanol–water partition coefficient (Wildman–Crippen LogP) is 9.89. The van der Waals surface area contributed by atoms with Gasteiger partial charge in [-0.2, -0.15) is 0 Å². The van der Waals surface area contributed by atoms with Gasteiger partial charge in [-0.3, -0.25) is 4.79 Å². The number of aliphatic hydroxyl groups excluding tert-OH is 8. The van der Waals surface area contributed by atoms with Gasteiger partial charge in [0, 0.05) is 6.42 Å². The molecule has 2 fully saturated rings. The molecule has 76 heavy (non-hydrogen) atoms. The molecule has 0 spiro atoms. The van der Waals surface area contributed by atoms with E-state index in [1.54, 1.807) is 0 Å². The quantitative estimate of drug-likeness (QED) is 0.0205. The Morgan fingerprint density at radius 3 is 1.39 bits per heavy atom. The van der Waals surface area contributed by atoms with Gasteiger partial charge in [-0.15, -0.1) is 0 Å². The fraction of sp³-hybridized carbons (Fsp3) is 0.726. The number of nitrogens with one attached hydrogen (secondary N) is 1. The van der Waals surface area contributed by atoms with E-state index in [1.807, 2.05) is 0 Å². The largest absolute Gasteiger partial charge is 0.394 e. The van der Waals surface area contributed by atoms with E-state index in [9.17, 15) is 45.6 Å². The van der Waals surface area contributed by atoms with Gasteiger partial charge >= 0.3 is 0 Å². The first-order valence-electron chi connectivity index (χ1n) is 29.5. The molecule has 2 aliphatic rings. The summed E-state index contributed by atoms with van der Waals surface area (Å²) in [6.07, 6.45) is 47.0. The summed E-state index contributed by atoms with van der Waals surface area (Å²) in [7, 11) is 0. The molecule has 12 atom stereocenters. The molecule has 0 aromatic carbocycles. The molecule has 12 unspecified atom stereocenters. The van der Waals surface area contributed by atoms with Crippen LogP contribution in [0.3, 0.4) is 0 Å². The van der Waals surface area contributed by atoms with Crippen molar-refractivity contribution in [1.29, 1.82) is 0 Å². The van der Waals surface area contributed by atoms with Crippen molar-refractivity contribution in [2.75, 3.05) is 19.8 Å². The number of carbonyl (C=O) groups is 1. The van der Waals surface area contributed by atoms with Crippen LogP contribution in [0.4, 0.5) is 0 Å². The molecule has 0 aliphatic carbocycles. The Labute approximate surface area is 458 Å². The van der Waals surface area contributed by atoms with Gasteiger partial charge in [0.1, 0.15) is 48.8 Å². The van der Waals surface area contributed by atoms with Gasteiger partial charge in [-0.25, -0.2) is 0 Å². The predicted molar refractivity (Wildman–Crippen MR) is 304 cm³/mol. The average molecular weight is 1070 g/mol. The van der Waals surface area contributed by atoms with Crippen LogP contribution in [-0.4, -0.2) is 140 Å². The van der Waals surface area contributed by atoms with E-state index in [-0.39, 0.29) is 18.9 Å². The molecule has 0 radical (unpaired) electrons. The fourth-order valence-corrected chi connectivity index (χ4v) is 9.07. The van der Waals surface area contributed by atoms with Crippen LogP contribution < -0.4 is 5.32 Å². The monoisotopic (exact) mass is 1070 g/mol. The first-order chi connectivity index (χ1) is 37.1. The molecule has 1 amide bonds. The number of carbonyl (C=O) groups excluding carboxylic acids is 1. The molecule has 0 bridgehead atoms. The van der Waals surface area contributed by atoms with Gasteiger partial charge in [-0.05, 0) is 77.0 Å². The first-order valence-corrected chi connectivity index (χ1v) is 29.5. The molecule has 14 heteroatoms. The third kappa shape index (κ3) is 32.1. The summed E-state index contributed by atoms with van der Waals surface area (Å²) >= 11 is 0. The zero-order valence-electron chi connectivity index (χ0n) is 46.7. The molecule has 2 saturated heterocycles. The Kier molecular flexibility index (Phi) is 42.5. The maximum Gasteiger partial charge on any atom is 0.220 e. The number of hydrogen-bond donors (Lipinski definition) is 9. The Bertz CT molecular complexity index is 1640. The number of unbranched alkanes of at least 4 members (excludes halogenated alkanes) is 16. The minimum absolute atomic E-state index is 0.227. The summed E-state index contributed by atoms with van der Waals surface area (Å²) in [6.45, 7) is 2.70. The maximum absolute atomic E-state index is 13.2. The highest BCUT2D eigenvalue weighted by molar-refractivity contribution is 5.76. The number of hydrogen-bond acceptors (Lipinski definition) is 13. The number of allylic oxidation sites excluding steroid dienone is 16. The molecule has 2 heterocycles. The topological polar surface area (TPSA) is 228 Å². The third-order valence-corrected chi connectivity index (χ3v) is 13.8. The minimum Gasteiger partial charge on any atom is -0.394 e. The van der Waals surface area contributed by atoms with Crippen LogP contribution in [0, 0.1) is 0 Å². The molecular weight excluding hydrogens is 967 g/mol. The smallest absolute Gasteiger partial charge is 0.220 e. The van der Waals surface area contributed by atoms with E-state index < -0.39 is 86.8 Å². The van der Waals surface area contributed by atoms with E-state index >= 15 is 0 Å². The Morgan fingerprint density at radius 1 is 0.487 bits per heavy atom. The molecule has 0 saturated carbocycles. The summed E-state index contributed by atoms with van der Waals surface area (Å²) in [5.74, 6) is -0.227. The number of ether oxygens (including phenoxy) is 4. The lowest BCUT2D eigenvalue weighted by molar-refractivity contribution is -0.359. The van der Waals surface area contributed by atoms with Crippen LogP contribution in [0.15, 0.2) is 97.2 Å². The first kappa shape index (κ1) is 69.0. The van der Waals surface area contributed by atoms with Gasteiger partial charge in [0.2, 0.25) is 5.91 Å². The number of rotatable bonds is 45. The average Bonchev–Trinajstić information content (AvgIpc) is 3.42. The van der Waals surface area contributed by atoms with Crippen LogP contribution in [0.5, 0.6) is 0 Å². The van der Waals surface area contributed by atoms with Crippen molar-refractivity contribution < 1.29 is 64.6 Å². The van der Waals surface area contributed by atoms with Gasteiger partial charge in [0.05, 0.1) is 32.0 Å². The third-order valence-electron chi connectivity index (χ3n) is 13.8. The number of amides is 1. The van der Waals surface area contributed by atoms with Crippen LogP contribution in [0.2, 0.25) is 0 Å². The van der Waals surface area contributed by atoms with E-state index in [2.05, 4.69) is 116 Å². The molecule has 2 aliphatic heterocycles. The summed E-state index contributed by atoms with van der Waals surface area (Å²) in [4.78, 5) is 13.2. The van der Waals surface area contributed by atoms with Gasteiger partial charge in [0.25, 0.3) is 0 Å². The molecule has 9 N–H and O–H groups in total. The van der Waals surface area contributed by atoms with Gasteiger partial charge in [0.15, 0.2) is 12.6 Å². The second-order valence-electron chi connectivity index (χ2n) is 20.4. The molecule has 436 valence electrons. The Balaban J connectivity index is 1.70. The molecule has 0 aromatic heterocycles. The zero-order chi connectivity index (χ0) is 55.3. The van der Waals surface area contributed by atoms with Gasteiger partial charge < -0.3 is 65.1 Å². The van der Waals surface area contributed by atoms with Crippen LogP contribution in [-0.2, 0) is 23.7 Å². The fourth-order valence-electron chi connectivity index (χ4n) is 9.07. The van der Waals surface area contributed by atoms with Crippen LogP contribution in [0.25, 0.3) is 0 Å². The van der Waals surface area contributed by atoms with Gasteiger partial charge in [-0.1, -0.05) is 207 Å². The second kappa shape index (κ2) is 46.8. The van der Waals surface area contributed by atoms with Crippen molar-refractivity contribution in [3.05, 3.63) is 97.2 Å². The van der Waals surface area contributed by atoms with E-state index in [0.717, 1.165) is 116 Å². The lowest BCUT2D eigenvalue weighted by atomic mass is 9.97. The van der Waals surface area contributed by atoms with Crippen molar-refractivity contribution in [2.45, 2.75) is 267 Å². The van der Waals surface area contributed by atoms with Crippen LogP contribution in [0.1, 0.15) is 194 Å². The Morgan fingerprint density at radius 2 is 0.908 bits per heavy atom. The zero-order valence-corrected chi connectivity index (χ0v) is 46.7. The Hall–Kier alpha value is -3.09. The number of aliphatic hydroxyl groups is 8. The van der Waals surface area contributed by atoms with Crippen molar-refractivity contribution in [1.82, 2.24) is 5.32 Å². The summed E-state index contributed by atoms with van der Waals surface area (Å²) in [5, 5.41) is 87.0. The van der Waals surface area contributed by atoms with E-state index in [1.165, 1.54) is 44.9 Å². The van der Waals surface area contributed by atoms with E-state index in [4.69, 9.17) is 18.9 Å². The lowest BCUT2D eigenvalue weighted by Gasteiger charge is -2.46. The summed E-state index contributed by atoms with van der Waals surface area (Å²) < 4.78 is 22.8.